The van der Waals surface area contributed by atoms with Crippen molar-refractivity contribution in [3.05, 3.63) is 12.2 Å². The molecule has 0 heterocycles. The van der Waals surface area contributed by atoms with Crippen LogP contribution in [0.2, 0.25) is 0 Å². The number of nitrogens with one attached hydrogen (secondary N) is 1. The van der Waals surface area contributed by atoms with Crippen LogP contribution in [0.5, 0.6) is 0 Å². The van der Waals surface area contributed by atoms with E-state index >= 15 is 0 Å². The Labute approximate surface area is 367 Å². The first-order valence-corrected chi connectivity index (χ1v) is 27.0. The van der Waals surface area contributed by atoms with E-state index in [1.165, 1.54) is 180 Å². The summed E-state index contributed by atoms with van der Waals surface area (Å²) < 4.78 is 23.3. The second-order valence-corrected chi connectivity index (χ2v) is 20.3. The van der Waals surface area contributed by atoms with Gasteiger partial charge in [0.25, 0.3) is 7.82 Å². The topological polar surface area (TPSA) is 108 Å². The standard InChI is InChI=1S/C50H101N2O6P/c1-6-8-10-12-14-16-18-20-22-23-24-25-26-27-28-30-32-34-36-38-40-42-44-50(54)51-48(47-58-59(55,56)57-46-45-52(3,4)5)49(53)43-41-39-37-35-33-31-29-21-19-17-15-13-11-9-7-2/h33,35,48-49,53H,6-32,34,36-47H2,1-5H3,(H-,51,54,55,56)/b35-33+/t48-,49+/m0/s1. The SMILES string of the molecule is CCCCCCCCCCC/C=C/CCCC[C@@H](O)[C@H](COP(=O)([O-])OCC[N+](C)(C)C)NC(=O)CCCCCCCCCCCCCCCCCCCCCCCC. The van der Waals surface area contributed by atoms with Gasteiger partial charge in [0.2, 0.25) is 5.91 Å². The Bertz CT molecular complexity index is 974. The molecule has 0 radical (unpaired) electrons. The van der Waals surface area contributed by atoms with Gasteiger partial charge >= 0.3 is 0 Å². The van der Waals surface area contributed by atoms with Crippen LogP contribution in [0.1, 0.15) is 251 Å². The lowest BCUT2D eigenvalue weighted by Gasteiger charge is -2.30. The van der Waals surface area contributed by atoms with Crippen molar-refractivity contribution in [3.8, 4) is 0 Å². The first kappa shape index (κ1) is 58.2. The predicted molar refractivity (Wildman–Crippen MR) is 252 cm³/mol. The van der Waals surface area contributed by atoms with E-state index in [0.29, 0.717) is 23.9 Å². The molecule has 9 heteroatoms. The molecular formula is C50H101N2O6P. The average molecular weight is 857 g/mol. The van der Waals surface area contributed by atoms with Crippen LogP contribution in [0.25, 0.3) is 0 Å². The van der Waals surface area contributed by atoms with Crippen LogP contribution in [-0.2, 0) is 18.4 Å². The number of amides is 1. The van der Waals surface area contributed by atoms with E-state index in [4.69, 9.17) is 9.05 Å². The molecule has 0 aliphatic carbocycles. The number of unbranched alkanes of at least 4 members (excludes halogenated alkanes) is 32. The zero-order valence-corrected chi connectivity index (χ0v) is 40.9. The van der Waals surface area contributed by atoms with E-state index in [1.807, 2.05) is 21.1 Å². The third-order valence-electron chi connectivity index (χ3n) is 11.8. The molecule has 59 heavy (non-hydrogen) atoms. The van der Waals surface area contributed by atoms with Gasteiger partial charge in [-0.2, -0.15) is 0 Å². The Morgan fingerprint density at radius 2 is 0.932 bits per heavy atom. The highest BCUT2D eigenvalue weighted by atomic mass is 31.2. The number of likely N-dealkylation sites (N-methyl/N-ethyl adjacent to an activating group) is 1. The number of allylic oxidation sites excluding steroid dienone is 2. The molecule has 0 saturated heterocycles. The Morgan fingerprint density at radius 3 is 1.32 bits per heavy atom. The number of carbonyl (C=O) groups excluding carboxylic acids is 1. The third-order valence-corrected chi connectivity index (χ3v) is 12.7. The number of carbonyl (C=O) groups is 1. The number of phosphoric ester groups is 1. The fraction of sp³-hybridized carbons (Fsp3) is 0.940. The van der Waals surface area contributed by atoms with E-state index in [1.54, 1.807) is 0 Å². The maximum Gasteiger partial charge on any atom is 0.268 e. The molecule has 0 bridgehead atoms. The molecule has 352 valence electrons. The van der Waals surface area contributed by atoms with Gasteiger partial charge in [-0.05, 0) is 38.5 Å². The van der Waals surface area contributed by atoms with Crippen molar-refractivity contribution in [1.82, 2.24) is 5.32 Å². The van der Waals surface area contributed by atoms with Crippen LogP contribution < -0.4 is 10.2 Å². The van der Waals surface area contributed by atoms with Crippen molar-refractivity contribution in [2.75, 3.05) is 40.9 Å². The quantitative estimate of drug-likeness (QED) is 0.0273. The number of aliphatic hydroxyl groups is 1. The number of phosphoric acid groups is 1. The summed E-state index contributed by atoms with van der Waals surface area (Å²) in [7, 11) is 1.30. The highest BCUT2D eigenvalue weighted by Gasteiger charge is 2.24. The van der Waals surface area contributed by atoms with Gasteiger partial charge in [0.1, 0.15) is 13.2 Å². The van der Waals surface area contributed by atoms with Crippen molar-refractivity contribution in [3.63, 3.8) is 0 Å². The monoisotopic (exact) mass is 857 g/mol. The zero-order valence-electron chi connectivity index (χ0n) is 40.0. The van der Waals surface area contributed by atoms with Crippen molar-refractivity contribution < 1.29 is 32.9 Å². The maximum atomic E-state index is 12.9. The summed E-state index contributed by atoms with van der Waals surface area (Å²) >= 11 is 0. The molecule has 8 nitrogen and oxygen atoms in total. The summed E-state index contributed by atoms with van der Waals surface area (Å²) in [5.74, 6) is -0.170. The number of nitrogens with zero attached hydrogens (tertiary/aromatic N) is 1. The van der Waals surface area contributed by atoms with Crippen LogP contribution in [0.3, 0.4) is 0 Å². The van der Waals surface area contributed by atoms with Gasteiger partial charge in [0.05, 0.1) is 39.9 Å². The minimum atomic E-state index is -4.57. The molecule has 3 atom stereocenters. The van der Waals surface area contributed by atoms with Crippen molar-refractivity contribution in [1.29, 1.82) is 0 Å². The zero-order chi connectivity index (χ0) is 43.6. The second kappa shape index (κ2) is 42.5. The van der Waals surface area contributed by atoms with Crippen LogP contribution in [0, 0.1) is 0 Å². The third kappa shape index (κ3) is 45.1. The van der Waals surface area contributed by atoms with Crippen molar-refractivity contribution in [2.24, 2.45) is 0 Å². The summed E-state index contributed by atoms with van der Waals surface area (Å²) in [4.78, 5) is 25.4. The minimum absolute atomic E-state index is 0.00993. The smallest absolute Gasteiger partial charge is 0.268 e. The molecule has 1 amide bonds. The number of hydrogen-bond acceptors (Lipinski definition) is 6. The molecule has 0 aromatic heterocycles. The molecule has 0 aliphatic heterocycles. The first-order valence-electron chi connectivity index (χ1n) is 25.5. The fourth-order valence-electron chi connectivity index (χ4n) is 7.68. The molecule has 2 N–H and O–H groups in total. The molecule has 0 fully saturated rings. The minimum Gasteiger partial charge on any atom is -0.756 e. The second-order valence-electron chi connectivity index (χ2n) is 18.9. The molecule has 0 saturated carbocycles. The van der Waals surface area contributed by atoms with Crippen molar-refractivity contribution >= 4 is 13.7 Å². The van der Waals surface area contributed by atoms with Gasteiger partial charge < -0.3 is 28.8 Å². The highest BCUT2D eigenvalue weighted by molar-refractivity contribution is 7.45. The normalized spacial score (nSPS) is 14.2. The lowest BCUT2D eigenvalue weighted by atomic mass is 10.0. The molecule has 1 unspecified atom stereocenters. The van der Waals surface area contributed by atoms with Gasteiger partial charge in [0, 0.05) is 6.42 Å². The lowest BCUT2D eigenvalue weighted by molar-refractivity contribution is -0.870. The molecule has 0 aliphatic rings. The number of rotatable bonds is 47. The summed E-state index contributed by atoms with van der Waals surface area (Å²) in [5, 5.41) is 13.9. The molecule has 0 aromatic carbocycles. The van der Waals surface area contributed by atoms with Crippen LogP contribution in [0.15, 0.2) is 12.2 Å². The van der Waals surface area contributed by atoms with Gasteiger partial charge in [-0.3, -0.25) is 9.36 Å². The van der Waals surface area contributed by atoms with Gasteiger partial charge in [-0.1, -0.05) is 219 Å². The molecule has 0 aromatic rings. The molecule has 0 spiro atoms. The van der Waals surface area contributed by atoms with E-state index in [9.17, 15) is 19.4 Å². The average Bonchev–Trinajstić information content (AvgIpc) is 3.19. The fourth-order valence-corrected chi connectivity index (χ4v) is 8.41. The predicted octanol–water partition coefficient (Wildman–Crippen LogP) is 14.1. The highest BCUT2D eigenvalue weighted by Crippen LogP contribution is 2.38. The summed E-state index contributed by atoms with van der Waals surface area (Å²) in [5.41, 5.74) is 0. The number of quaternary nitrogens is 1. The summed E-state index contributed by atoms with van der Waals surface area (Å²) in [6.07, 6.45) is 49.4. The Balaban J connectivity index is 4.22. The van der Waals surface area contributed by atoms with E-state index in [0.717, 1.165) is 44.9 Å². The first-order chi connectivity index (χ1) is 28.5. The maximum absolute atomic E-state index is 12.9. The van der Waals surface area contributed by atoms with Crippen LogP contribution >= 0.6 is 7.82 Å². The number of hydrogen-bond donors (Lipinski definition) is 2. The molecule has 0 rings (SSSR count). The number of aliphatic hydroxyl groups excluding tert-OH is 1. The Hall–Kier alpha value is -0.760. The van der Waals surface area contributed by atoms with Gasteiger partial charge in [-0.25, -0.2) is 0 Å². The Morgan fingerprint density at radius 1 is 0.576 bits per heavy atom. The van der Waals surface area contributed by atoms with Crippen LogP contribution in [-0.4, -0.2) is 68.5 Å². The van der Waals surface area contributed by atoms with Gasteiger partial charge in [0.15, 0.2) is 0 Å². The van der Waals surface area contributed by atoms with E-state index in [2.05, 4.69) is 31.3 Å². The van der Waals surface area contributed by atoms with Gasteiger partial charge in [-0.15, -0.1) is 0 Å². The van der Waals surface area contributed by atoms with E-state index < -0.39 is 20.0 Å². The summed E-state index contributed by atoms with van der Waals surface area (Å²) in [6.45, 7) is 4.73. The summed E-state index contributed by atoms with van der Waals surface area (Å²) in [6, 6.07) is -0.811. The van der Waals surface area contributed by atoms with E-state index in [-0.39, 0.29) is 19.1 Å². The molecular weight excluding hydrogens is 756 g/mol. The van der Waals surface area contributed by atoms with Crippen molar-refractivity contribution in [2.45, 2.75) is 264 Å². The lowest BCUT2D eigenvalue weighted by Crippen LogP contribution is -2.46. The Kier molecular flexibility index (Phi) is 42.0. The van der Waals surface area contributed by atoms with Crippen LogP contribution in [0.4, 0.5) is 0 Å². The largest absolute Gasteiger partial charge is 0.756 e.